The maximum atomic E-state index is 13.7. The van der Waals surface area contributed by atoms with Crippen LogP contribution in [0.25, 0.3) is 0 Å². The Morgan fingerprint density at radius 1 is 1.21 bits per heavy atom. The Morgan fingerprint density at radius 2 is 1.79 bits per heavy atom. The first-order valence-electron chi connectivity index (χ1n) is 6.37. The second kappa shape index (κ2) is 4.50. The zero-order valence-electron chi connectivity index (χ0n) is 11.8. The van der Waals surface area contributed by atoms with Crippen molar-refractivity contribution < 1.29 is 9.13 Å². The molecular weight excluding hydrogens is 243 g/mol. The maximum Gasteiger partial charge on any atom is 0.143 e. The molecule has 0 atom stereocenters. The Morgan fingerprint density at radius 3 is 2.26 bits per heavy atom. The normalized spacial score (nSPS) is 20.9. The van der Waals surface area contributed by atoms with Crippen molar-refractivity contribution >= 4 is 5.69 Å². The van der Waals surface area contributed by atoms with Crippen molar-refractivity contribution in [1.29, 1.82) is 5.26 Å². The van der Waals surface area contributed by atoms with Gasteiger partial charge in [0.15, 0.2) is 0 Å². The molecule has 1 heterocycles. The van der Waals surface area contributed by atoms with Gasteiger partial charge in [0, 0.05) is 18.8 Å². The van der Waals surface area contributed by atoms with E-state index in [1.165, 1.54) is 12.1 Å². The molecule has 1 aliphatic heterocycles. The van der Waals surface area contributed by atoms with E-state index < -0.39 is 5.82 Å². The van der Waals surface area contributed by atoms with E-state index in [1.807, 2.05) is 33.8 Å². The third-order valence-electron chi connectivity index (χ3n) is 3.13. The molecule has 4 heteroatoms. The number of nitriles is 1. The van der Waals surface area contributed by atoms with Gasteiger partial charge in [-0.15, -0.1) is 0 Å². The minimum absolute atomic E-state index is 0.0792. The topological polar surface area (TPSA) is 36.3 Å². The molecule has 102 valence electrons. The number of halogens is 1. The van der Waals surface area contributed by atoms with Gasteiger partial charge >= 0.3 is 0 Å². The minimum atomic E-state index is -0.470. The average Bonchev–Trinajstić information content (AvgIpc) is 2.24. The van der Waals surface area contributed by atoms with Crippen LogP contribution in [0.15, 0.2) is 18.2 Å². The number of anilines is 1. The van der Waals surface area contributed by atoms with Gasteiger partial charge in [-0.3, -0.25) is 0 Å². The van der Waals surface area contributed by atoms with Crippen molar-refractivity contribution in [2.24, 2.45) is 0 Å². The van der Waals surface area contributed by atoms with Crippen LogP contribution in [0.2, 0.25) is 0 Å². The first kappa shape index (κ1) is 13.8. The summed E-state index contributed by atoms with van der Waals surface area (Å²) in [5, 5.41) is 8.76. The van der Waals surface area contributed by atoms with Crippen molar-refractivity contribution in [1.82, 2.24) is 0 Å². The van der Waals surface area contributed by atoms with Crippen LogP contribution >= 0.6 is 0 Å². The Hall–Kier alpha value is -1.60. The molecule has 2 rings (SSSR count). The van der Waals surface area contributed by atoms with Gasteiger partial charge in [-0.25, -0.2) is 4.39 Å². The smallest absolute Gasteiger partial charge is 0.143 e. The SMILES string of the molecule is CC1(C)CN(c2ccc(C#N)c(F)c2)CC(C)(C)O1. The Balaban J connectivity index is 2.31. The molecular formula is C15H19FN2O. The lowest BCUT2D eigenvalue weighted by atomic mass is 9.98. The van der Waals surface area contributed by atoms with Crippen LogP contribution in [0.5, 0.6) is 0 Å². The van der Waals surface area contributed by atoms with Crippen LogP contribution in [-0.4, -0.2) is 24.3 Å². The zero-order valence-corrected chi connectivity index (χ0v) is 11.8. The van der Waals surface area contributed by atoms with E-state index in [2.05, 4.69) is 4.90 Å². The third-order valence-corrected chi connectivity index (χ3v) is 3.13. The molecule has 1 aromatic carbocycles. The van der Waals surface area contributed by atoms with Gasteiger partial charge in [0.05, 0.1) is 16.8 Å². The number of rotatable bonds is 1. The molecule has 19 heavy (non-hydrogen) atoms. The largest absolute Gasteiger partial charge is 0.366 e. The molecule has 0 aliphatic carbocycles. The summed E-state index contributed by atoms with van der Waals surface area (Å²) in [5.74, 6) is -0.470. The lowest BCUT2D eigenvalue weighted by Gasteiger charge is -2.48. The van der Waals surface area contributed by atoms with E-state index in [-0.39, 0.29) is 16.8 Å². The molecule has 3 nitrogen and oxygen atoms in total. The van der Waals surface area contributed by atoms with Crippen LogP contribution in [0, 0.1) is 17.1 Å². The summed E-state index contributed by atoms with van der Waals surface area (Å²) in [6, 6.07) is 6.58. The third kappa shape index (κ3) is 3.05. The zero-order chi connectivity index (χ0) is 14.3. The van der Waals surface area contributed by atoms with E-state index in [4.69, 9.17) is 10.00 Å². The van der Waals surface area contributed by atoms with Crippen molar-refractivity contribution in [2.75, 3.05) is 18.0 Å². The molecule has 0 unspecified atom stereocenters. The van der Waals surface area contributed by atoms with Crippen molar-refractivity contribution in [3.8, 4) is 6.07 Å². The summed E-state index contributed by atoms with van der Waals surface area (Å²) in [5.41, 5.74) is 0.301. The summed E-state index contributed by atoms with van der Waals surface area (Å²) in [7, 11) is 0. The number of morpholine rings is 1. The number of hydrogen-bond acceptors (Lipinski definition) is 3. The van der Waals surface area contributed by atoms with Gasteiger partial charge in [-0.1, -0.05) is 0 Å². The lowest BCUT2D eigenvalue weighted by Crippen LogP contribution is -2.57. The van der Waals surface area contributed by atoms with Gasteiger partial charge in [0.1, 0.15) is 11.9 Å². The minimum Gasteiger partial charge on any atom is -0.366 e. The highest BCUT2D eigenvalue weighted by molar-refractivity contribution is 5.51. The highest BCUT2D eigenvalue weighted by Crippen LogP contribution is 2.31. The van der Waals surface area contributed by atoms with Gasteiger partial charge in [-0.2, -0.15) is 5.26 Å². The molecule has 1 saturated heterocycles. The second-order valence-electron chi connectivity index (χ2n) is 6.25. The Labute approximate surface area is 113 Å². The van der Waals surface area contributed by atoms with Crippen LogP contribution in [0.1, 0.15) is 33.3 Å². The Bertz CT molecular complexity index is 515. The number of benzene rings is 1. The van der Waals surface area contributed by atoms with Crippen molar-refractivity contribution in [2.45, 2.75) is 38.9 Å². The standard InChI is InChI=1S/C15H19FN2O/c1-14(2)9-18(10-15(3,4)19-14)12-6-5-11(8-17)13(16)7-12/h5-7H,9-10H2,1-4H3. The van der Waals surface area contributed by atoms with Crippen LogP contribution in [0.3, 0.4) is 0 Å². The molecule has 0 saturated carbocycles. The van der Waals surface area contributed by atoms with E-state index >= 15 is 0 Å². The van der Waals surface area contributed by atoms with E-state index in [0.717, 1.165) is 5.69 Å². The fourth-order valence-electron chi connectivity index (χ4n) is 2.76. The van der Waals surface area contributed by atoms with Gasteiger partial charge < -0.3 is 9.64 Å². The molecule has 0 bridgehead atoms. The lowest BCUT2D eigenvalue weighted by molar-refractivity contribution is -0.133. The Kier molecular flexibility index (Phi) is 3.27. The second-order valence-corrected chi connectivity index (χ2v) is 6.25. The molecule has 0 amide bonds. The van der Waals surface area contributed by atoms with E-state index in [0.29, 0.717) is 13.1 Å². The molecule has 0 radical (unpaired) electrons. The van der Waals surface area contributed by atoms with Crippen molar-refractivity contribution in [3.63, 3.8) is 0 Å². The average molecular weight is 262 g/mol. The fourth-order valence-corrected chi connectivity index (χ4v) is 2.76. The first-order chi connectivity index (χ1) is 8.72. The quantitative estimate of drug-likeness (QED) is 0.780. The molecule has 0 spiro atoms. The predicted molar refractivity (Wildman–Crippen MR) is 72.6 cm³/mol. The molecule has 1 aromatic rings. The van der Waals surface area contributed by atoms with Gasteiger partial charge in [0.25, 0.3) is 0 Å². The highest BCUT2D eigenvalue weighted by atomic mass is 19.1. The van der Waals surface area contributed by atoms with Crippen LogP contribution < -0.4 is 4.90 Å². The summed E-state index contributed by atoms with van der Waals surface area (Å²) < 4.78 is 19.7. The van der Waals surface area contributed by atoms with E-state index in [9.17, 15) is 4.39 Å². The first-order valence-corrected chi connectivity index (χ1v) is 6.37. The summed E-state index contributed by atoms with van der Waals surface area (Å²) in [6.07, 6.45) is 0. The van der Waals surface area contributed by atoms with Gasteiger partial charge in [0.2, 0.25) is 0 Å². The number of ether oxygens (including phenoxy) is 1. The maximum absolute atomic E-state index is 13.7. The monoisotopic (exact) mass is 262 g/mol. The molecule has 0 aromatic heterocycles. The number of hydrogen-bond donors (Lipinski definition) is 0. The highest BCUT2D eigenvalue weighted by Gasteiger charge is 2.38. The molecule has 1 aliphatic rings. The summed E-state index contributed by atoms with van der Waals surface area (Å²) in [4.78, 5) is 2.10. The van der Waals surface area contributed by atoms with E-state index in [1.54, 1.807) is 6.07 Å². The number of nitrogens with zero attached hydrogens (tertiary/aromatic N) is 2. The fraction of sp³-hybridized carbons (Fsp3) is 0.533. The predicted octanol–water partition coefficient (Wildman–Crippen LogP) is 3.09. The summed E-state index contributed by atoms with van der Waals surface area (Å²) >= 11 is 0. The van der Waals surface area contributed by atoms with Crippen LogP contribution in [0.4, 0.5) is 10.1 Å². The summed E-state index contributed by atoms with van der Waals surface area (Å²) in [6.45, 7) is 9.51. The van der Waals surface area contributed by atoms with Gasteiger partial charge in [-0.05, 0) is 45.9 Å². The van der Waals surface area contributed by atoms with Crippen LogP contribution in [-0.2, 0) is 4.74 Å². The van der Waals surface area contributed by atoms with Crippen molar-refractivity contribution in [3.05, 3.63) is 29.6 Å². The molecule has 1 fully saturated rings. The molecule has 0 N–H and O–H groups in total.